The number of nitrogens with zero attached hydrogens (tertiary/aromatic N) is 1. The van der Waals surface area contributed by atoms with Gasteiger partial charge in [-0.15, -0.1) is 0 Å². The number of nitrogens with one attached hydrogen (secondary N) is 1. The molecule has 1 amide bonds. The van der Waals surface area contributed by atoms with E-state index in [-0.39, 0.29) is 49.9 Å². The Balaban J connectivity index is 1.28. The van der Waals surface area contributed by atoms with Gasteiger partial charge in [0.25, 0.3) is 0 Å². The summed E-state index contributed by atoms with van der Waals surface area (Å²) in [6.07, 6.45) is 0.494. The van der Waals surface area contributed by atoms with Crippen molar-refractivity contribution in [2.45, 2.75) is 69.7 Å². The van der Waals surface area contributed by atoms with E-state index in [0.29, 0.717) is 43.2 Å². The van der Waals surface area contributed by atoms with Gasteiger partial charge in [-0.3, -0.25) is 9.59 Å². The van der Waals surface area contributed by atoms with Crippen molar-refractivity contribution < 1.29 is 34.4 Å². The van der Waals surface area contributed by atoms with Gasteiger partial charge in [-0.25, -0.2) is 0 Å². The monoisotopic (exact) mass is 636 g/mol. The Labute approximate surface area is 268 Å². The highest BCUT2D eigenvalue weighted by molar-refractivity contribution is 6.30. The largest absolute Gasteiger partial charge is 0.481 e. The van der Waals surface area contributed by atoms with E-state index in [1.807, 2.05) is 60.7 Å². The van der Waals surface area contributed by atoms with Gasteiger partial charge >= 0.3 is 5.97 Å². The summed E-state index contributed by atoms with van der Waals surface area (Å²) in [5.74, 6) is -1.14. The van der Waals surface area contributed by atoms with E-state index in [4.69, 9.17) is 26.2 Å². The molecule has 3 aromatic rings. The highest BCUT2D eigenvalue weighted by Crippen LogP contribution is 2.43. The molecule has 2 aliphatic heterocycles. The molecule has 2 saturated heterocycles. The number of benzene rings is 3. The molecular weight excluding hydrogens is 596 g/mol. The number of ether oxygens (including phenoxy) is 2. The number of aliphatic hydroxyl groups excluding tert-OH is 1. The lowest BCUT2D eigenvalue weighted by Crippen LogP contribution is -2.49. The first-order valence-electron chi connectivity index (χ1n) is 15.5. The van der Waals surface area contributed by atoms with Crippen molar-refractivity contribution in [3.63, 3.8) is 0 Å². The number of carbonyl (C=O) groups is 2. The van der Waals surface area contributed by atoms with Crippen LogP contribution >= 0.6 is 11.6 Å². The van der Waals surface area contributed by atoms with Crippen molar-refractivity contribution in [2.24, 2.45) is 5.92 Å². The summed E-state index contributed by atoms with van der Waals surface area (Å²) in [7, 11) is 0. The van der Waals surface area contributed by atoms with E-state index < -0.39 is 17.9 Å². The molecule has 4 N–H and O–H groups in total. The maximum atomic E-state index is 12.2. The summed E-state index contributed by atoms with van der Waals surface area (Å²) in [5.41, 5.74) is 3.23. The topological polar surface area (TPSA) is 129 Å². The highest BCUT2D eigenvalue weighted by atomic mass is 35.5. The van der Waals surface area contributed by atoms with Gasteiger partial charge in [0.1, 0.15) is 0 Å². The molecule has 0 radical (unpaired) electrons. The number of carboxylic acids is 1. The fourth-order valence-electron chi connectivity index (χ4n) is 6.08. The second kappa shape index (κ2) is 14.9. The number of piperidine rings is 1. The molecule has 2 fully saturated rings. The Hall–Kier alpha value is -3.31. The number of aliphatic carboxylic acids is 1. The van der Waals surface area contributed by atoms with Crippen LogP contribution in [0.4, 0.5) is 5.69 Å². The third-order valence-corrected chi connectivity index (χ3v) is 9.14. The zero-order chi connectivity index (χ0) is 32.0. The van der Waals surface area contributed by atoms with Crippen LogP contribution in [0, 0.1) is 5.92 Å². The van der Waals surface area contributed by atoms with Gasteiger partial charge in [-0.2, -0.15) is 0 Å². The van der Waals surface area contributed by atoms with Crippen LogP contribution < -0.4 is 5.32 Å². The van der Waals surface area contributed by atoms with Gasteiger partial charge in [0.05, 0.1) is 24.4 Å². The van der Waals surface area contributed by atoms with E-state index >= 15 is 0 Å². The highest BCUT2D eigenvalue weighted by Gasteiger charge is 2.41. The molecule has 0 spiro atoms. The summed E-state index contributed by atoms with van der Waals surface area (Å²) < 4.78 is 13.2. The third kappa shape index (κ3) is 8.49. The van der Waals surface area contributed by atoms with E-state index in [2.05, 4.69) is 17.1 Å². The quantitative estimate of drug-likeness (QED) is 0.208. The first-order valence-corrected chi connectivity index (χ1v) is 15.8. The molecule has 240 valence electrons. The molecule has 0 aromatic heterocycles. The van der Waals surface area contributed by atoms with Crippen molar-refractivity contribution >= 4 is 29.2 Å². The summed E-state index contributed by atoms with van der Waals surface area (Å²) in [6.45, 7) is 4.20. The number of hydrogen-bond donors (Lipinski definition) is 4. The molecular formula is C35H41ClN2O7. The molecule has 0 bridgehead atoms. The lowest BCUT2D eigenvalue weighted by atomic mass is 9.84. The maximum Gasteiger partial charge on any atom is 0.303 e. The van der Waals surface area contributed by atoms with Crippen LogP contribution in [0.3, 0.4) is 0 Å². The lowest BCUT2D eigenvalue weighted by Gasteiger charge is -2.45. The van der Waals surface area contributed by atoms with Gasteiger partial charge in [-0.05, 0) is 60.2 Å². The Morgan fingerprint density at radius 1 is 0.933 bits per heavy atom. The molecule has 4 unspecified atom stereocenters. The average molecular weight is 637 g/mol. The molecule has 45 heavy (non-hydrogen) atoms. The number of amides is 1. The van der Waals surface area contributed by atoms with Gasteiger partial charge in [-0.1, -0.05) is 67.1 Å². The van der Waals surface area contributed by atoms with Crippen LogP contribution in [-0.2, 0) is 31.3 Å². The van der Waals surface area contributed by atoms with Crippen LogP contribution in [0.15, 0.2) is 72.8 Å². The van der Waals surface area contributed by atoms with Crippen molar-refractivity contribution in [2.75, 3.05) is 25.0 Å². The molecule has 0 aliphatic carbocycles. The molecule has 5 rings (SSSR count). The van der Waals surface area contributed by atoms with Crippen molar-refractivity contribution in [1.82, 2.24) is 4.90 Å². The minimum absolute atomic E-state index is 0.0164. The molecule has 2 heterocycles. The number of halogens is 1. The lowest BCUT2D eigenvalue weighted by molar-refractivity contribution is -0.277. The molecule has 10 heteroatoms. The minimum Gasteiger partial charge on any atom is -0.481 e. The van der Waals surface area contributed by atoms with E-state index in [0.717, 1.165) is 22.3 Å². The molecule has 9 nitrogen and oxygen atoms in total. The van der Waals surface area contributed by atoms with Crippen molar-refractivity contribution in [3.05, 3.63) is 100 Å². The first kappa shape index (κ1) is 33.1. The van der Waals surface area contributed by atoms with E-state index in [1.54, 1.807) is 12.1 Å². The average Bonchev–Trinajstić information content (AvgIpc) is 3.04. The van der Waals surface area contributed by atoms with Crippen LogP contribution in [0.2, 0.25) is 5.02 Å². The number of hydrogen-bond acceptors (Lipinski definition) is 7. The smallest absolute Gasteiger partial charge is 0.303 e. The summed E-state index contributed by atoms with van der Waals surface area (Å²) >= 11 is 6.06. The fourth-order valence-corrected chi connectivity index (χ4v) is 6.21. The molecule has 4 atom stereocenters. The molecule has 3 aromatic carbocycles. The normalized spacial score (nSPS) is 23.4. The first-order chi connectivity index (χ1) is 21.6. The zero-order valence-electron chi connectivity index (χ0n) is 25.4. The number of carbonyl (C=O) groups excluding carboxylic acids is 1. The predicted octanol–water partition coefficient (Wildman–Crippen LogP) is 5.80. The standard InChI is InChI=1S/C35H41ClN2O7/c1-23-30(21-38-19-17-35(43,18-20-38)27-11-13-28(36)14-12-27)44-34(45-33(23)25-7-5-24(22-39)6-8-25)26-9-15-29(16-10-26)37-31(40)3-2-4-32(41)42/h5-16,23,30,33-34,39,43H,2-4,17-22H2,1H3,(H,37,40)(H,41,42). The number of rotatable bonds is 11. The van der Waals surface area contributed by atoms with Crippen LogP contribution in [-0.4, -0.2) is 57.8 Å². The number of aliphatic hydroxyl groups is 2. The van der Waals surface area contributed by atoms with Gasteiger partial charge in [0, 0.05) is 54.7 Å². The molecule has 2 aliphatic rings. The predicted molar refractivity (Wildman–Crippen MR) is 171 cm³/mol. The Morgan fingerprint density at radius 3 is 2.20 bits per heavy atom. The van der Waals surface area contributed by atoms with E-state index in [9.17, 15) is 19.8 Å². The second-order valence-corrected chi connectivity index (χ2v) is 12.5. The summed E-state index contributed by atoms with van der Waals surface area (Å²) in [5, 5.41) is 33.2. The van der Waals surface area contributed by atoms with Crippen molar-refractivity contribution in [3.8, 4) is 0 Å². The van der Waals surface area contributed by atoms with Crippen LogP contribution in [0.25, 0.3) is 0 Å². The minimum atomic E-state index is -0.922. The van der Waals surface area contributed by atoms with Gasteiger partial charge < -0.3 is 35.0 Å². The van der Waals surface area contributed by atoms with Gasteiger partial charge in [0.15, 0.2) is 6.29 Å². The Morgan fingerprint density at radius 2 is 1.58 bits per heavy atom. The van der Waals surface area contributed by atoms with Crippen LogP contribution in [0.1, 0.15) is 73.7 Å². The molecule has 0 saturated carbocycles. The number of carboxylic acid groups (broad SMARTS) is 1. The van der Waals surface area contributed by atoms with Crippen LogP contribution in [0.5, 0.6) is 0 Å². The second-order valence-electron chi connectivity index (χ2n) is 12.1. The Bertz CT molecular complexity index is 1420. The maximum absolute atomic E-state index is 12.2. The zero-order valence-corrected chi connectivity index (χ0v) is 26.2. The number of anilines is 1. The van der Waals surface area contributed by atoms with E-state index in [1.165, 1.54) is 0 Å². The third-order valence-electron chi connectivity index (χ3n) is 8.89. The van der Waals surface area contributed by atoms with Gasteiger partial charge in [0.2, 0.25) is 5.91 Å². The fraction of sp³-hybridized carbons (Fsp3) is 0.429. The van der Waals surface area contributed by atoms with Crippen molar-refractivity contribution in [1.29, 1.82) is 0 Å². The SMILES string of the molecule is CC1C(CN2CCC(O)(c3ccc(Cl)cc3)CC2)OC(c2ccc(NC(=O)CCCC(=O)O)cc2)OC1c1ccc(CO)cc1. The Kier molecular flexibility index (Phi) is 10.9. The number of likely N-dealkylation sites (tertiary alicyclic amines) is 1. The summed E-state index contributed by atoms with van der Waals surface area (Å²) in [4.78, 5) is 25.3. The summed E-state index contributed by atoms with van der Waals surface area (Å²) in [6, 6.07) is 22.5.